The van der Waals surface area contributed by atoms with Crippen LogP contribution in [0, 0.1) is 5.82 Å². The van der Waals surface area contributed by atoms with E-state index in [9.17, 15) is 4.39 Å². The maximum absolute atomic E-state index is 14.3. The molecule has 29 heavy (non-hydrogen) atoms. The monoisotopic (exact) mass is 389 g/mol. The van der Waals surface area contributed by atoms with E-state index in [2.05, 4.69) is 26.0 Å². The summed E-state index contributed by atoms with van der Waals surface area (Å²) in [5.41, 5.74) is 2.19. The molecule has 0 bridgehead atoms. The largest absolute Gasteiger partial charge is 0.496 e. The van der Waals surface area contributed by atoms with Crippen LogP contribution in [0.15, 0.2) is 61.1 Å². The predicted molar refractivity (Wildman–Crippen MR) is 109 cm³/mol. The lowest BCUT2D eigenvalue weighted by atomic mass is 9.97. The minimum atomic E-state index is -0.338. The molecule has 0 N–H and O–H groups in total. The van der Waals surface area contributed by atoms with E-state index < -0.39 is 0 Å². The predicted octanol–water partition coefficient (Wildman–Crippen LogP) is 3.96. The smallest absolute Gasteiger partial charge is 0.168 e. The number of benzene rings is 2. The summed E-state index contributed by atoms with van der Waals surface area (Å²) < 4.78 is 21.3. The van der Waals surface area contributed by atoms with Crippen LogP contribution in [0.4, 0.5) is 10.2 Å². The van der Waals surface area contributed by atoms with Crippen molar-refractivity contribution in [3.63, 3.8) is 0 Å². The first kappa shape index (κ1) is 17.6. The molecule has 1 fully saturated rings. The van der Waals surface area contributed by atoms with Crippen LogP contribution in [0.3, 0.4) is 0 Å². The second-order valence-corrected chi connectivity index (χ2v) is 7.12. The molecule has 1 unspecified atom stereocenters. The molecule has 2 aromatic heterocycles. The number of methoxy groups -OCH3 is 1. The Morgan fingerprint density at radius 3 is 2.76 bits per heavy atom. The van der Waals surface area contributed by atoms with Crippen molar-refractivity contribution in [1.82, 2.24) is 19.7 Å². The van der Waals surface area contributed by atoms with Crippen LogP contribution in [-0.4, -0.2) is 39.9 Å². The fourth-order valence-corrected chi connectivity index (χ4v) is 4.09. The Labute approximate surface area is 167 Å². The summed E-state index contributed by atoms with van der Waals surface area (Å²) in [4.78, 5) is 11.1. The molecular formula is C22H20FN5O. The van der Waals surface area contributed by atoms with Gasteiger partial charge < -0.3 is 9.64 Å². The van der Waals surface area contributed by atoms with Gasteiger partial charge in [-0.1, -0.05) is 30.3 Å². The van der Waals surface area contributed by atoms with E-state index >= 15 is 0 Å². The second kappa shape index (κ2) is 7.16. The zero-order valence-corrected chi connectivity index (χ0v) is 16.0. The Morgan fingerprint density at radius 2 is 1.90 bits per heavy atom. The van der Waals surface area contributed by atoms with Gasteiger partial charge in [0.1, 0.15) is 29.4 Å². The number of rotatable bonds is 4. The fourth-order valence-electron chi connectivity index (χ4n) is 4.09. The maximum Gasteiger partial charge on any atom is 0.168 e. The van der Waals surface area contributed by atoms with Crippen LogP contribution in [0.1, 0.15) is 17.9 Å². The Bertz CT molecular complexity index is 1170. The number of fused-ring (bicyclic) bond motifs is 1. The van der Waals surface area contributed by atoms with E-state index in [0.717, 1.165) is 36.5 Å². The summed E-state index contributed by atoms with van der Waals surface area (Å²) in [6.45, 7) is 1.71. The molecule has 0 radical (unpaired) electrons. The minimum absolute atomic E-state index is 0.338. The third-order valence-electron chi connectivity index (χ3n) is 5.49. The molecule has 5 rings (SSSR count). The van der Waals surface area contributed by atoms with Crippen molar-refractivity contribution in [1.29, 1.82) is 0 Å². The normalized spacial score (nSPS) is 16.5. The Kier molecular flexibility index (Phi) is 4.35. The summed E-state index contributed by atoms with van der Waals surface area (Å²) in [7, 11) is 1.70. The van der Waals surface area contributed by atoms with Crippen LogP contribution in [0.2, 0.25) is 0 Å². The van der Waals surface area contributed by atoms with Crippen molar-refractivity contribution in [2.45, 2.75) is 12.3 Å². The molecular weight excluding hydrogens is 369 g/mol. The number of halogens is 1. The second-order valence-electron chi connectivity index (χ2n) is 7.12. The third kappa shape index (κ3) is 2.99. The van der Waals surface area contributed by atoms with E-state index in [1.165, 1.54) is 22.6 Å². The molecule has 1 saturated heterocycles. The van der Waals surface area contributed by atoms with Crippen LogP contribution in [0.25, 0.3) is 16.7 Å². The Balaban J connectivity index is 1.50. The fraction of sp³-hybridized carbons (Fsp3) is 0.227. The van der Waals surface area contributed by atoms with E-state index in [4.69, 9.17) is 4.74 Å². The van der Waals surface area contributed by atoms with Crippen molar-refractivity contribution in [3.05, 3.63) is 72.4 Å². The number of hydrogen-bond acceptors (Lipinski definition) is 5. The first-order chi connectivity index (χ1) is 14.3. The van der Waals surface area contributed by atoms with Crippen LogP contribution < -0.4 is 9.64 Å². The molecule has 2 aromatic carbocycles. The standard InChI is InChI=1S/C22H20FN5O/c1-29-20-9-5-2-6-16(20)15-10-11-27(13-15)21-17-12-26-28(22(17)25-14-24-21)19-8-4-3-7-18(19)23/h2-9,12,14-15H,10-11,13H2,1H3. The topological polar surface area (TPSA) is 56.1 Å². The highest BCUT2D eigenvalue weighted by atomic mass is 19.1. The minimum Gasteiger partial charge on any atom is -0.496 e. The van der Waals surface area contributed by atoms with Crippen molar-refractivity contribution in [3.8, 4) is 11.4 Å². The summed E-state index contributed by atoms with van der Waals surface area (Å²) in [6, 6.07) is 14.7. The van der Waals surface area contributed by atoms with E-state index in [-0.39, 0.29) is 5.82 Å². The molecule has 1 aliphatic heterocycles. The van der Waals surface area contributed by atoms with Crippen molar-refractivity contribution < 1.29 is 9.13 Å². The average Bonchev–Trinajstić information content (AvgIpc) is 3.41. The number of nitrogens with zero attached hydrogens (tertiary/aromatic N) is 5. The summed E-state index contributed by atoms with van der Waals surface area (Å²) in [5, 5.41) is 5.21. The van der Waals surface area contributed by atoms with Gasteiger partial charge in [-0.2, -0.15) is 5.10 Å². The van der Waals surface area contributed by atoms with Gasteiger partial charge in [0.25, 0.3) is 0 Å². The molecule has 0 amide bonds. The van der Waals surface area contributed by atoms with Gasteiger partial charge in [-0.25, -0.2) is 19.0 Å². The van der Waals surface area contributed by atoms with Gasteiger partial charge >= 0.3 is 0 Å². The lowest BCUT2D eigenvalue weighted by molar-refractivity contribution is 0.406. The molecule has 3 heterocycles. The molecule has 146 valence electrons. The van der Waals surface area contributed by atoms with E-state index in [0.29, 0.717) is 17.3 Å². The highest BCUT2D eigenvalue weighted by Crippen LogP contribution is 2.36. The summed E-state index contributed by atoms with van der Waals surface area (Å²) >= 11 is 0. The van der Waals surface area contributed by atoms with Crippen LogP contribution in [-0.2, 0) is 0 Å². The SMILES string of the molecule is COc1ccccc1C1CCN(c2ncnc3c2cnn3-c2ccccc2F)C1. The molecule has 1 atom stereocenters. The summed E-state index contributed by atoms with van der Waals surface area (Å²) in [6.07, 6.45) is 4.24. The van der Waals surface area contributed by atoms with Crippen molar-refractivity contribution in [2.75, 3.05) is 25.1 Å². The van der Waals surface area contributed by atoms with Gasteiger partial charge in [-0.3, -0.25) is 0 Å². The highest BCUT2D eigenvalue weighted by molar-refractivity contribution is 5.87. The number of aromatic nitrogens is 4. The maximum atomic E-state index is 14.3. The summed E-state index contributed by atoms with van der Waals surface area (Å²) in [5.74, 6) is 1.77. The molecule has 0 aliphatic carbocycles. The lowest BCUT2D eigenvalue weighted by Gasteiger charge is -2.19. The van der Waals surface area contributed by atoms with Gasteiger partial charge in [0.05, 0.1) is 18.7 Å². The molecule has 0 spiro atoms. The zero-order chi connectivity index (χ0) is 19.8. The molecule has 6 nitrogen and oxygen atoms in total. The van der Waals surface area contributed by atoms with E-state index in [1.54, 1.807) is 31.5 Å². The quantitative estimate of drug-likeness (QED) is 0.529. The third-order valence-corrected chi connectivity index (χ3v) is 5.49. The average molecular weight is 389 g/mol. The van der Waals surface area contributed by atoms with Gasteiger partial charge in [0, 0.05) is 19.0 Å². The number of ether oxygens (including phenoxy) is 1. The molecule has 1 aliphatic rings. The Hall–Kier alpha value is -3.48. The zero-order valence-electron chi connectivity index (χ0n) is 16.0. The van der Waals surface area contributed by atoms with Crippen molar-refractivity contribution >= 4 is 16.9 Å². The molecule has 0 saturated carbocycles. The Morgan fingerprint density at radius 1 is 1.07 bits per heavy atom. The molecule has 7 heteroatoms. The van der Waals surface area contributed by atoms with Gasteiger partial charge in [0.2, 0.25) is 0 Å². The number of anilines is 1. The first-order valence-corrected chi connectivity index (χ1v) is 9.57. The highest BCUT2D eigenvalue weighted by Gasteiger charge is 2.28. The molecule has 4 aromatic rings. The lowest BCUT2D eigenvalue weighted by Crippen LogP contribution is -2.21. The van der Waals surface area contributed by atoms with Crippen molar-refractivity contribution in [2.24, 2.45) is 0 Å². The first-order valence-electron chi connectivity index (χ1n) is 9.57. The van der Waals surface area contributed by atoms with Gasteiger partial charge in [0.15, 0.2) is 5.65 Å². The number of para-hydroxylation sites is 2. The van der Waals surface area contributed by atoms with E-state index in [1.807, 2.05) is 18.2 Å². The van der Waals surface area contributed by atoms with Gasteiger partial charge in [-0.15, -0.1) is 0 Å². The van der Waals surface area contributed by atoms with Crippen LogP contribution >= 0.6 is 0 Å². The number of hydrogen-bond donors (Lipinski definition) is 0. The van der Waals surface area contributed by atoms with Gasteiger partial charge in [-0.05, 0) is 30.2 Å². The van der Waals surface area contributed by atoms with Crippen LogP contribution in [0.5, 0.6) is 5.75 Å².